The van der Waals surface area contributed by atoms with Crippen LogP contribution in [0.4, 0.5) is 11.5 Å². The van der Waals surface area contributed by atoms with Crippen molar-refractivity contribution in [2.45, 2.75) is 32.9 Å². The summed E-state index contributed by atoms with van der Waals surface area (Å²) in [5.41, 5.74) is 7.64. The molecular formula is C19H22N6O2. The van der Waals surface area contributed by atoms with E-state index < -0.39 is 11.8 Å². The van der Waals surface area contributed by atoms with E-state index in [-0.39, 0.29) is 6.04 Å². The van der Waals surface area contributed by atoms with Gasteiger partial charge in [-0.15, -0.1) is 0 Å². The van der Waals surface area contributed by atoms with Crippen molar-refractivity contribution in [3.8, 4) is 0 Å². The van der Waals surface area contributed by atoms with Crippen molar-refractivity contribution in [1.29, 1.82) is 0 Å². The fraction of sp³-hybridized carbons (Fsp3) is 0.263. The zero-order valence-corrected chi connectivity index (χ0v) is 15.3. The Bertz CT molecular complexity index is 953. The number of nitrogens with zero attached hydrogens (tertiary/aromatic N) is 3. The molecule has 2 aromatic heterocycles. The van der Waals surface area contributed by atoms with E-state index in [9.17, 15) is 9.59 Å². The van der Waals surface area contributed by atoms with Crippen LogP contribution in [0.15, 0.2) is 42.7 Å². The molecule has 1 aromatic carbocycles. The van der Waals surface area contributed by atoms with Crippen LogP contribution in [0.5, 0.6) is 0 Å². The summed E-state index contributed by atoms with van der Waals surface area (Å²) in [6, 6.07) is 9.50. The number of hydrogen-bond acceptors (Lipinski definition) is 5. The van der Waals surface area contributed by atoms with Crippen molar-refractivity contribution < 1.29 is 9.59 Å². The van der Waals surface area contributed by atoms with E-state index in [0.29, 0.717) is 29.0 Å². The van der Waals surface area contributed by atoms with E-state index in [0.717, 1.165) is 12.0 Å². The Kier molecular flexibility index (Phi) is 5.35. The summed E-state index contributed by atoms with van der Waals surface area (Å²) in [4.78, 5) is 31.1. The van der Waals surface area contributed by atoms with Crippen molar-refractivity contribution in [2.75, 3.05) is 11.1 Å². The molecule has 0 aliphatic rings. The monoisotopic (exact) mass is 366 g/mol. The van der Waals surface area contributed by atoms with Gasteiger partial charge < -0.3 is 16.0 Å². The van der Waals surface area contributed by atoms with Crippen molar-refractivity contribution in [1.82, 2.24) is 20.1 Å². The molecule has 0 spiro atoms. The fourth-order valence-electron chi connectivity index (χ4n) is 2.78. The molecule has 0 fully saturated rings. The van der Waals surface area contributed by atoms with Gasteiger partial charge in [0.2, 0.25) is 0 Å². The molecule has 0 radical (unpaired) electrons. The number of anilines is 2. The summed E-state index contributed by atoms with van der Waals surface area (Å²) in [5, 5.41) is 9.89. The van der Waals surface area contributed by atoms with E-state index in [1.807, 2.05) is 44.2 Å². The van der Waals surface area contributed by atoms with Gasteiger partial charge in [0.1, 0.15) is 5.82 Å². The molecule has 1 unspecified atom stereocenters. The van der Waals surface area contributed by atoms with Crippen LogP contribution in [0.25, 0.3) is 10.9 Å². The number of nitrogen functional groups attached to an aromatic ring is 1. The summed E-state index contributed by atoms with van der Waals surface area (Å²) in [7, 11) is 0. The van der Waals surface area contributed by atoms with Gasteiger partial charge in [0.05, 0.1) is 29.0 Å². The van der Waals surface area contributed by atoms with Crippen molar-refractivity contribution in [2.24, 2.45) is 0 Å². The molecule has 0 saturated carbocycles. The average molecular weight is 366 g/mol. The summed E-state index contributed by atoms with van der Waals surface area (Å²) >= 11 is 0. The van der Waals surface area contributed by atoms with Crippen LogP contribution < -0.4 is 11.1 Å². The second kappa shape index (κ2) is 7.86. The summed E-state index contributed by atoms with van der Waals surface area (Å²) < 4.78 is 0. The largest absolute Gasteiger partial charge is 0.383 e. The molecule has 0 bridgehead atoms. The third-order valence-corrected chi connectivity index (χ3v) is 4.54. The first-order valence-corrected chi connectivity index (χ1v) is 8.74. The highest BCUT2D eigenvalue weighted by atomic mass is 16.2. The van der Waals surface area contributed by atoms with E-state index in [1.54, 1.807) is 4.90 Å². The van der Waals surface area contributed by atoms with Gasteiger partial charge in [-0.2, -0.15) is 5.10 Å². The first kappa shape index (κ1) is 18.4. The van der Waals surface area contributed by atoms with Crippen molar-refractivity contribution >= 4 is 34.2 Å². The van der Waals surface area contributed by atoms with Crippen LogP contribution in [0.3, 0.4) is 0 Å². The van der Waals surface area contributed by atoms with Crippen molar-refractivity contribution in [3.63, 3.8) is 0 Å². The smallest absolute Gasteiger partial charge is 0.314 e. The molecule has 8 heteroatoms. The van der Waals surface area contributed by atoms with Crippen molar-refractivity contribution in [3.05, 3.63) is 48.3 Å². The van der Waals surface area contributed by atoms with Crippen LogP contribution in [-0.4, -0.2) is 37.9 Å². The molecule has 2 amide bonds. The van der Waals surface area contributed by atoms with E-state index in [2.05, 4.69) is 20.5 Å². The Balaban J connectivity index is 1.81. The molecule has 0 saturated heterocycles. The van der Waals surface area contributed by atoms with Crippen LogP contribution in [-0.2, 0) is 16.1 Å². The zero-order chi connectivity index (χ0) is 19.4. The average Bonchev–Trinajstić information content (AvgIpc) is 3.19. The number of hydrogen-bond donors (Lipinski definition) is 3. The molecule has 27 heavy (non-hydrogen) atoms. The zero-order valence-electron chi connectivity index (χ0n) is 15.3. The second-order valence-corrected chi connectivity index (χ2v) is 6.35. The molecule has 2 heterocycles. The number of nitrogens with two attached hydrogens (primary N) is 1. The number of carbonyl (C=O) groups is 2. The quantitative estimate of drug-likeness (QED) is 0.599. The minimum absolute atomic E-state index is 0.0832. The van der Waals surface area contributed by atoms with E-state index in [1.165, 1.54) is 12.4 Å². The summed E-state index contributed by atoms with van der Waals surface area (Å²) in [5.74, 6) is -1.03. The number of carbonyl (C=O) groups excluding carboxylic acids is 2. The van der Waals surface area contributed by atoms with Crippen LogP contribution in [0.2, 0.25) is 0 Å². The molecule has 3 aromatic rings. The predicted molar refractivity (Wildman–Crippen MR) is 104 cm³/mol. The summed E-state index contributed by atoms with van der Waals surface area (Å²) in [6.07, 6.45) is 3.67. The molecular weight excluding hydrogens is 344 g/mol. The Morgan fingerprint density at radius 3 is 2.70 bits per heavy atom. The van der Waals surface area contributed by atoms with Gasteiger partial charge in [0, 0.05) is 12.6 Å². The molecule has 1 atom stereocenters. The Hall–Kier alpha value is -3.42. The van der Waals surface area contributed by atoms with E-state index in [4.69, 9.17) is 5.73 Å². The maximum atomic E-state index is 12.8. The highest BCUT2D eigenvalue weighted by molar-refractivity contribution is 6.40. The molecule has 0 aliphatic carbocycles. The Labute approximate surface area is 156 Å². The summed E-state index contributed by atoms with van der Waals surface area (Å²) in [6.45, 7) is 4.26. The number of rotatable bonds is 5. The van der Waals surface area contributed by atoms with Gasteiger partial charge in [-0.25, -0.2) is 4.98 Å². The minimum Gasteiger partial charge on any atom is -0.383 e. The van der Waals surface area contributed by atoms with Gasteiger partial charge in [-0.05, 0) is 18.9 Å². The highest BCUT2D eigenvalue weighted by Crippen LogP contribution is 2.24. The van der Waals surface area contributed by atoms with Gasteiger partial charge in [0.15, 0.2) is 0 Å². The Morgan fingerprint density at radius 1 is 1.26 bits per heavy atom. The standard InChI is InChI=1S/C19H22N6O2/c1-3-12(2)25(11-13-7-5-4-6-8-13)19(27)18(26)23-15-10-21-17(20)14-9-22-24-16(14)15/h4-10,12H,3,11H2,1-2H3,(H2,20,21)(H,22,24)(H,23,26). The van der Waals surface area contributed by atoms with Crippen LogP contribution in [0.1, 0.15) is 25.8 Å². The molecule has 140 valence electrons. The lowest BCUT2D eigenvalue weighted by Gasteiger charge is -2.28. The number of aromatic amines is 1. The van der Waals surface area contributed by atoms with Gasteiger partial charge in [-0.1, -0.05) is 37.3 Å². The predicted octanol–water partition coefficient (Wildman–Crippen LogP) is 2.31. The fourth-order valence-corrected chi connectivity index (χ4v) is 2.78. The first-order valence-electron chi connectivity index (χ1n) is 8.74. The maximum absolute atomic E-state index is 12.8. The number of aromatic nitrogens is 3. The van der Waals surface area contributed by atoms with Gasteiger partial charge in [-0.3, -0.25) is 14.7 Å². The van der Waals surface area contributed by atoms with Gasteiger partial charge in [0.25, 0.3) is 0 Å². The lowest BCUT2D eigenvalue weighted by molar-refractivity contribution is -0.145. The van der Waals surface area contributed by atoms with Crippen LogP contribution in [0, 0.1) is 0 Å². The molecule has 4 N–H and O–H groups in total. The number of fused-ring (bicyclic) bond motifs is 1. The number of benzene rings is 1. The number of nitrogens with one attached hydrogen (secondary N) is 2. The Morgan fingerprint density at radius 2 is 2.00 bits per heavy atom. The first-order chi connectivity index (χ1) is 13.0. The second-order valence-electron chi connectivity index (χ2n) is 6.35. The topological polar surface area (TPSA) is 117 Å². The lowest BCUT2D eigenvalue weighted by Crippen LogP contribution is -2.44. The number of amides is 2. The third-order valence-electron chi connectivity index (χ3n) is 4.54. The lowest BCUT2D eigenvalue weighted by atomic mass is 10.1. The molecule has 0 aliphatic heterocycles. The number of H-pyrrole nitrogens is 1. The SMILES string of the molecule is CCC(C)N(Cc1ccccc1)C(=O)C(=O)Nc1cnc(N)c2cn[nH]c12. The molecule has 8 nitrogen and oxygen atoms in total. The van der Waals surface area contributed by atoms with Crippen LogP contribution >= 0.6 is 0 Å². The number of pyridine rings is 1. The third kappa shape index (κ3) is 3.89. The van der Waals surface area contributed by atoms with E-state index >= 15 is 0 Å². The molecule has 3 rings (SSSR count). The minimum atomic E-state index is -0.728. The highest BCUT2D eigenvalue weighted by Gasteiger charge is 2.26. The normalized spacial score (nSPS) is 11.9. The maximum Gasteiger partial charge on any atom is 0.314 e. The van der Waals surface area contributed by atoms with Gasteiger partial charge >= 0.3 is 11.8 Å².